The Labute approximate surface area is 155 Å². The summed E-state index contributed by atoms with van der Waals surface area (Å²) in [4.78, 5) is 21.9. The molecule has 6 heteroatoms. The van der Waals surface area contributed by atoms with Crippen LogP contribution in [0.1, 0.15) is 31.6 Å². The number of aromatic nitrogens is 2. The molecule has 0 aliphatic rings. The van der Waals surface area contributed by atoms with E-state index < -0.39 is 0 Å². The van der Waals surface area contributed by atoms with Crippen LogP contribution in [0.4, 0.5) is 0 Å². The zero-order chi connectivity index (χ0) is 17.6. The predicted molar refractivity (Wildman–Crippen MR) is 101 cm³/mol. The first-order valence-corrected chi connectivity index (χ1v) is 9.20. The summed E-state index contributed by atoms with van der Waals surface area (Å²) in [6, 6.07) is 13.3. The van der Waals surface area contributed by atoms with Crippen molar-refractivity contribution in [2.75, 3.05) is 0 Å². The number of carbonyl (C=O) groups excluding carboxylic acids is 1. The summed E-state index contributed by atoms with van der Waals surface area (Å²) in [5, 5.41) is 4.58. The molecule has 128 valence electrons. The first-order chi connectivity index (χ1) is 12.1. The average Bonchev–Trinajstić information content (AvgIpc) is 3.01. The summed E-state index contributed by atoms with van der Waals surface area (Å²) in [7, 11) is 0. The van der Waals surface area contributed by atoms with Crippen molar-refractivity contribution in [2.24, 2.45) is 0 Å². The molecule has 0 saturated carbocycles. The normalized spacial score (nSPS) is 10.6. The number of rotatable bonds is 6. The summed E-state index contributed by atoms with van der Waals surface area (Å²) in [5.41, 5.74) is 2.81. The number of pyridine rings is 1. The molecule has 0 fully saturated rings. The van der Waals surface area contributed by atoms with Gasteiger partial charge in [0.15, 0.2) is 0 Å². The number of hydrogen-bond acceptors (Lipinski definition) is 4. The SMILES string of the molecule is Cc1nc(CCc2ccccn2)sc1C(=O)NCc1ccc(Cl)cc1. The van der Waals surface area contributed by atoms with Crippen LogP contribution in [0.5, 0.6) is 0 Å². The molecule has 1 aromatic carbocycles. The van der Waals surface area contributed by atoms with Crippen molar-refractivity contribution in [3.8, 4) is 0 Å². The summed E-state index contributed by atoms with van der Waals surface area (Å²) in [5.74, 6) is -0.0889. The van der Waals surface area contributed by atoms with Gasteiger partial charge in [0.1, 0.15) is 4.88 Å². The molecule has 4 nitrogen and oxygen atoms in total. The lowest BCUT2D eigenvalue weighted by atomic mass is 10.2. The second-order valence-corrected chi connectivity index (χ2v) is 7.17. The molecule has 0 spiro atoms. The van der Waals surface area contributed by atoms with Crippen LogP contribution in [-0.4, -0.2) is 15.9 Å². The van der Waals surface area contributed by atoms with Crippen LogP contribution in [0.15, 0.2) is 48.7 Å². The van der Waals surface area contributed by atoms with Gasteiger partial charge in [-0.1, -0.05) is 29.8 Å². The Balaban J connectivity index is 1.59. The van der Waals surface area contributed by atoms with Crippen LogP contribution in [0.2, 0.25) is 5.02 Å². The van der Waals surface area contributed by atoms with Crippen molar-refractivity contribution >= 4 is 28.8 Å². The van der Waals surface area contributed by atoms with Crippen LogP contribution >= 0.6 is 22.9 Å². The van der Waals surface area contributed by atoms with Gasteiger partial charge in [0.05, 0.1) is 10.7 Å². The highest BCUT2D eigenvalue weighted by atomic mass is 35.5. The molecule has 0 radical (unpaired) electrons. The van der Waals surface area contributed by atoms with Crippen LogP contribution in [-0.2, 0) is 19.4 Å². The second-order valence-electron chi connectivity index (χ2n) is 5.65. The smallest absolute Gasteiger partial charge is 0.263 e. The highest BCUT2D eigenvalue weighted by molar-refractivity contribution is 7.13. The fourth-order valence-electron chi connectivity index (χ4n) is 2.42. The third-order valence-electron chi connectivity index (χ3n) is 3.73. The van der Waals surface area contributed by atoms with Crippen molar-refractivity contribution in [2.45, 2.75) is 26.3 Å². The molecule has 0 atom stereocenters. The minimum Gasteiger partial charge on any atom is -0.347 e. The van der Waals surface area contributed by atoms with Crippen LogP contribution in [0.3, 0.4) is 0 Å². The van der Waals surface area contributed by atoms with Crippen molar-refractivity contribution in [1.29, 1.82) is 0 Å². The van der Waals surface area contributed by atoms with E-state index in [1.807, 2.05) is 49.4 Å². The van der Waals surface area contributed by atoms with Crippen molar-refractivity contribution in [3.63, 3.8) is 0 Å². The molecule has 1 N–H and O–H groups in total. The Morgan fingerprint density at radius 2 is 1.96 bits per heavy atom. The summed E-state index contributed by atoms with van der Waals surface area (Å²) in [6.45, 7) is 2.34. The quantitative estimate of drug-likeness (QED) is 0.706. The van der Waals surface area contributed by atoms with Crippen LogP contribution < -0.4 is 5.32 Å². The summed E-state index contributed by atoms with van der Waals surface area (Å²) < 4.78 is 0. The first-order valence-electron chi connectivity index (χ1n) is 8.00. The Morgan fingerprint density at radius 1 is 1.16 bits per heavy atom. The Hall–Kier alpha value is -2.24. The number of nitrogens with one attached hydrogen (secondary N) is 1. The lowest BCUT2D eigenvalue weighted by Crippen LogP contribution is -2.22. The fourth-order valence-corrected chi connectivity index (χ4v) is 3.52. The molecule has 0 bridgehead atoms. The lowest BCUT2D eigenvalue weighted by molar-refractivity contribution is 0.0954. The van der Waals surface area contributed by atoms with Gasteiger partial charge in [0, 0.05) is 29.9 Å². The van der Waals surface area contributed by atoms with Crippen LogP contribution in [0.25, 0.3) is 0 Å². The number of carbonyl (C=O) groups is 1. The largest absolute Gasteiger partial charge is 0.347 e. The third-order valence-corrected chi connectivity index (χ3v) is 5.20. The van der Waals surface area contributed by atoms with Gasteiger partial charge < -0.3 is 5.32 Å². The van der Waals surface area contributed by atoms with Gasteiger partial charge in [-0.2, -0.15) is 0 Å². The van der Waals surface area contributed by atoms with E-state index in [4.69, 9.17) is 11.6 Å². The molecular weight excluding hydrogens is 354 g/mol. The Kier molecular flexibility index (Phi) is 5.79. The van der Waals surface area contributed by atoms with Gasteiger partial charge in [0.2, 0.25) is 0 Å². The van der Waals surface area contributed by atoms with E-state index in [0.29, 0.717) is 16.4 Å². The summed E-state index contributed by atoms with van der Waals surface area (Å²) in [6.07, 6.45) is 3.39. The highest BCUT2D eigenvalue weighted by Gasteiger charge is 2.15. The maximum absolute atomic E-state index is 12.4. The van der Waals surface area contributed by atoms with E-state index in [1.165, 1.54) is 11.3 Å². The highest BCUT2D eigenvalue weighted by Crippen LogP contribution is 2.20. The van der Waals surface area contributed by atoms with Gasteiger partial charge in [-0.05, 0) is 43.2 Å². The van der Waals surface area contributed by atoms with E-state index in [0.717, 1.165) is 34.8 Å². The number of aryl methyl sites for hydroxylation is 3. The zero-order valence-electron chi connectivity index (χ0n) is 13.8. The van der Waals surface area contributed by atoms with Gasteiger partial charge in [-0.15, -0.1) is 11.3 Å². The average molecular weight is 372 g/mol. The monoisotopic (exact) mass is 371 g/mol. The molecule has 0 aliphatic carbocycles. The molecule has 1 amide bonds. The van der Waals surface area contributed by atoms with E-state index in [9.17, 15) is 4.79 Å². The minimum atomic E-state index is -0.0889. The van der Waals surface area contributed by atoms with E-state index in [1.54, 1.807) is 6.20 Å². The van der Waals surface area contributed by atoms with E-state index in [2.05, 4.69) is 15.3 Å². The van der Waals surface area contributed by atoms with Crippen molar-refractivity contribution in [3.05, 3.63) is 80.5 Å². The first kappa shape index (κ1) is 17.6. The van der Waals surface area contributed by atoms with Crippen LogP contribution in [0, 0.1) is 6.92 Å². The van der Waals surface area contributed by atoms with Crippen molar-refractivity contribution in [1.82, 2.24) is 15.3 Å². The standard InChI is InChI=1S/C19H18ClN3OS/c1-13-18(19(24)22-12-14-5-7-15(20)8-6-14)25-17(23-13)10-9-16-4-2-3-11-21-16/h2-8,11H,9-10,12H2,1H3,(H,22,24). The zero-order valence-corrected chi connectivity index (χ0v) is 15.4. The Morgan fingerprint density at radius 3 is 2.68 bits per heavy atom. The predicted octanol–water partition coefficient (Wildman–Crippen LogP) is 4.22. The number of halogens is 1. The molecule has 3 rings (SSSR count). The maximum atomic E-state index is 12.4. The molecule has 2 aromatic heterocycles. The minimum absolute atomic E-state index is 0.0889. The molecule has 0 aliphatic heterocycles. The van der Waals surface area contributed by atoms with Gasteiger partial charge in [-0.25, -0.2) is 4.98 Å². The number of hydrogen-bond donors (Lipinski definition) is 1. The molecule has 3 aromatic rings. The number of nitrogens with zero attached hydrogens (tertiary/aromatic N) is 2. The van der Waals surface area contributed by atoms with Gasteiger partial charge >= 0.3 is 0 Å². The maximum Gasteiger partial charge on any atom is 0.263 e. The van der Waals surface area contributed by atoms with E-state index in [-0.39, 0.29) is 5.91 Å². The van der Waals surface area contributed by atoms with Crippen molar-refractivity contribution < 1.29 is 4.79 Å². The molecule has 25 heavy (non-hydrogen) atoms. The number of benzene rings is 1. The summed E-state index contributed by atoms with van der Waals surface area (Å²) >= 11 is 7.32. The van der Waals surface area contributed by atoms with Gasteiger partial charge in [0.25, 0.3) is 5.91 Å². The van der Waals surface area contributed by atoms with Gasteiger partial charge in [-0.3, -0.25) is 9.78 Å². The molecule has 2 heterocycles. The fraction of sp³-hybridized carbons (Fsp3) is 0.211. The lowest BCUT2D eigenvalue weighted by Gasteiger charge is -2.04. The second kappa shape index (κ2) is 8.23. The molecule has 0 unspecified atom stereocenters. The van der Waals surface area contributed by atoms with E-state index >= 15 is 0 Å². The third kappa shape index (κ3) is 4.87. The molecular formula is C19H18ClN3OS. The number of amides is 1. The topological polar surface area (TPSA) is 54.9 Å². The number of thiazole rings is 1. The Bertz CT molecular complexity index is 847. The molecule has 0 saturated heterocycles.